The van der Waals surface area contributed by atoms with E-state index in [1.54, 1.807) is 14.1 Å². The maximum absolute atomic E-state index is 11.6. The summed E-state index contributed by atoms with van der Waals surface area (Å²) in [5.41, 5.74) is 5.11. The number of fused-ring (bicyclic) bond motifs is 2. The van der Waals surface area contributed by atoms with Gasteiger partial charge < -0.3 is 56.0 Å². The van der Waals surface area contributed by atoms with Crippen molar-refractivity contribution in [3.8, 4) is 0 Å². The Hall–Kier alpha value is -0.730. The summed E-state index contributed by atoms with van der Waals surface area (Å²) in [6, 6.07) is -1.92. The van der Waals surface area contributed by atoms with Gasteiger partial charge in [-0.15, -0.1) is 0 Å². The number of aliphatic hydroxyl groups excluding tert-OH is 2. The van der Waals surface area contributed by atoms with Gasteiger partial charge >= 0.3 is 0 Å². The lowest BCUT2D eigenvalue weighted by atomic mass is 9.79. The lowest BCUT2D eigenvalue weighted by Gasteiger charge is -2.58. The number of nitrogens with two attached hydrogens (primary N) is 1. The van der Waals surface area contributed by atoms with Crippen LogP contribution in [0.15, 0.2) is 0 Å². The zero-order chi connectivity index (χ0) is 23.1. The van der Waals surface area contributed by atoms with Crippen molar-refractivity contribution < 1.29 is 34.3 Å². The lowest BCUT2D eigenvalue weighted by molar-refractivity contribution is -0.449. The average molecular weight is 447 g/mol. The fourth-order valence-electron chi connectivity index (χ4n) is 4.77. The molecule has 3 rings (SSSR count). The van der Waals surface area contributed by atoms with Crippen LogP contribution in [-0.2, 0) is 19.0 Å². The highest BCUT2D eigenvalue weighted by atomic mass is 16.8. The number of carbonyl (C=O) groups excluding carboxylic acids is 1. The number of ether oxygens (including phenoxy) is 3. The van der Waals surface area contributed by atoms with Gasteiger partial charge in [0.15, 0.2) is 0 Å². The Morgan fingerprint density at radius 2 is 1.81 bits per heavy atom. The second kappa shape index (κ2) is 9.26. The molecule has 2 saturated heterocycles. The van der Waals surface area contributed by atoms with E-state index in [9.17, 15) is 20.1 Å². The quantitative estimate of drug-likeness (QED) is 0.199. The minimum absolute atomic E-state index is 0.121. The van der Waals surface area contributed by atoms with Gasteiger partial charge in [-0.05, 0) is 33.4 Å². The third-order valence-corrected chi connectivity index (χ3v) is 7.10. The average Bonchev–Trinajstić information content (AvgIpc) is 2.72. The summed E-state index contributed by atoms with van der Waals surface area (Å²) in [5, 5.41) is 42.2. The Labute approximate surface area is 183 Å². The van der Waals surface area contributed by atoms with Gasteiger partial charge in [-0.3, -0.25) is 0 Å². The van der Waals surface area contributed by atoms with Crippen LogP contribution in [0.2, 0.25) is 0 Å². The van der Waals surface area contributed by atoms with E-state index in [-0.39, 0.29) is 18.6 Å². The fourth-order valence-corrected chi connectivity index (χ4v) is 4.77. The summed E-state index contributed by atoms with van der Waals surface area (Å²) in [6.07, 6.45) is -4.11. The van der Waals surface area contributed by atoms with Crippen molar-refractivity contribution in [2.24, 2.45) is 11.7 Å². The predicted octanol–water partition coefficient (Wildman–Crippen LogP) is -2.98. The molecule has 0 radical (unpaired) electrons. The van der Waals surface area contributed by atoms with E-state index in [2.05, 4.69) is 16.0 Å². The first-order chi connectivity index (χ1) is 14.5. The van der Waals surface area contributed by atoms with Gasteiger partial charge in [0.25, 0.3) is 0 Å². The van der Waals surface area contributed by atoms with Gasteiger partial charge in [0, 0.05) is 6.54 Å². The number of aldehydes is 1. The number of hydrogen-bond acceptors (Lipinski definition) is 11. The maximum Gasteiger partial charge on any atom is 0.234 e. The largest absolute Gasteiger partial charge is 0.390 e. The molecule has 1 aliphatic carbocycles. The van der Waals surface area contributed by atoms with E-state index in [1.807, 2.05) is 20.8 Å². The van der Waals surface area contributed by atoms with Crippen LogP contribution in [0.4, 0.5) is 0 Å². The van der Waals surface area contributed by atoms with Crippen LogP contribution in [-0.4, -0.2) is 109 Å². The third-order valence-electron chi connectivity index (χ3n) is 7.10. The second-order valence-corrected chi connectivity index (χ2v) is 9.38. The van der Waals surface area contributed by atoms with E-state index < -0.39 is 60.2 Å². The first kappa shape index (κ1) is 24.9. The van der Waals surface area contributed by atoms with E-state index >= 15 is 0 Å². The van der Waals surface area contributed by atoms with Gasteiger partial charge in [0.2, 0.25) is 12.1 Å². The van der Waals surface area contributed by atoms with Crippen LogP contribution < -0.4 is 21.7 Å². The number of rotatable bonds is 7. The van der Waals surface area contributed by atoms with Crippen LogP contribution in [0.25, 0.3) is 0 Å². The van der Waals surface area contributed by atoms with Crippen molar-refractivity contribution in [2.75, 3.05) is 20.6 Å². The van der Waals surface area contributed by atoms with Crippen molar-refractivity contribution in [2.45, 2.75) is 93.5 Å². The Morgan fingerprint density at radius 3 is 2.35 bits per heavy atom. The molecule has 31 heavy (non-hydrogen) atoms. The number of carbonyl (C=O) groups is 1. The Bertz CT molecular complexity index is 643. The summed E-state index contributed by atoms with van der Waals surface area (Å²) in [6.45, 7) is 5.67. The van der Waals surface area contributed by atoms with Gasteiger partial charge in [-0.1, -0.05) is 13.8 Å². The Morgan fingerprint density at radius 1 is 1.16 bits per heavy atom. The minimum atomic E-state index is -1.91. The number of nitrogens with one attached hydrogen (secondary N) is 3. The number of likely N-dealkylation sites (N-methyl/N-ethyl adjacent to an activating group) is 2. The summed E-state index contributed by atoms with van der Waals surface area (Å²) in [4.78, 5) is 11.6. The molecule has 11 nitrogen and oxygen atoms in total. The molecule has 3 aliphatic rings. The van der Waals surface area contributed by atoms with Crippen molar-refractivity contribution in [1.82, 2.24) is 16.0 Å². The standard InChI is InChI=1S/C20H38N4O7/c1-9(2)19(21,8-25)7-24-11-6-10(3)29-18-20(11,28)31-16-13(23-5)14(26)12(22-4)15(27)17(16)30-18/h8-18,22-24,26-28H,6-7,21H2,1-5H3/t10-,11-,12-,13+,14+,15+,16?,17?,18?,19+,20?/m1/s1. The van der Waals surface area contributed by atoms with Crippen molar-refractivity contribution >= 4 is 6.29 Å². The van der Waals surface area contributed by atoms with Crippen molar-refractivity contribution in [3.05, 3.63) is 0 Å². The van der Waals surface area contributed by atoms with E-state index in [0.717, 1.165) is 0 Å². The SMILES string of the molecule is CN[C@@H]1[C@H](O)[C@H](NC)C2OC3(O)C(OC2[C@H]1O)O[C@H](C)C[C@H]3NC[C@](N)(C=O)C(C)C. The summed E-state index contributed by atoms with van der Waals surface area (Å²) < 4.78 is 18.0. The number of hydrogen-bond donors (Lipinski definition) is 7. The highest BCUT2D eigenvalue weighted by Crippen LogP contribution is 2.42. The van der Waals surface area contributed by atoms with Crippen LogP contribution in [0, 0.1) is 5.92 Å². The van der Waals surface area contributed by atoms with Gasteiger partial charge in [-0.25, -0.2) is 0 Å². The highest BCUT2D eigenvalue weighted by molar-refractivity contribution is 5.64. The van der Waals surface area contributed by atoms with Gasteiger partial charge in [0.1, 0.15) is 24.6 Å². The van der Waals surface area contributed by atoms with Crippen LogP contribution in [0.5, 0.6) is 0 Å². The van der Waals surface area contributed by atoms with E-state index in [1.165, 1.54) is 0 Å². The van der Waals surface area contributed by atoms with E-state index in [4.69, 9.17) is 19.9 Å². The first-order valence-electron chi connectivity index (χ1n) is 10.9. The molecule has 11 heteroatoms. The molecule has 0 bridgehead atoms. The van der Waals surface area contributed by atoms with Gasteiger partial charge in [-0.2, -0.15) is 0 Å². The van der Waals surface area contributed by atoms with Crippen molar-refractivity contribution in [1.29, 1.82) is 0 Å². The summed E-state index contributed by atoms with van der Waals surface area (Å²) in [7, 11) is 3.31. The third kappa shape index (κ3) is 4.29. The molecule has 0 aromatic rings. The van der Waals surface area contributed by atoms with Crippen molar-refractivity contribution in [3.63, 3.8) is 0 Å². The van der Waals surface area contributed by atoms with Crippen LogP contribution in [0.1, 0.15) is 27.2 Å². The summed E-state index contributed by atoms with van der Waals surface area (Å²) in [5.74, 6) is -2.03. The van der Waals surface area contributed by atoms with Crippen LogP contribution in [0.3, 0.4) is 0 Å². The molecule has 3 fully saturated rings. The second-order valence-electron chi connectivity index (χ2n) is 9.38. The minimum Gasteiger partial charge on any atom is -0.390 e. The molecule has 2 aliphatic heterocycles. The Kier molecular flexibility index (Phi) is 7.44. The lowest BCUT2D eigenvalue weighted by Crippen LogP contribution is -2.79. The zero-order valence-corrected chi connectivity index (χ0v) is 18.8. The Balaban J connectivity index is 1.86. The molecule has 1 saturated carbocycles. The smallest absolute Gasteiger partial charge is 0.234 e. The normalized spacial score (nSPS) is 47.4. The molecule has 4 unspecified atom stereocenters. The molecule has 0 amide bonds. The fraction of sp³-hybridized carbons (Fsp3) is 0.950. The monoisotopic (exact) mass is 446 g/mol. The molecule has 8 N–H and O–H groups in total. The predicted molar refractivity (Wildman–Crippen MR) is 111 cm³/mol. The summed E-state index contributed by atoms with van der Waals surface area (Å²) >= 11 is 0. The number of aliphatic hydroxyl groups is 3. The molecule has 0 spiro atoms. The highest BCUT2D eigenvalue weighted by Gasteiger charge is 2.63. The molecule has 0 aromatic heterocycles. The molecule has 2 heterocycles. The first-order valence-corrected chi connectivity index (χ1v) is 10.9. The molecule has 11 atom stereocenters. The molecular weight excluding hydrogens is 408 g/mol. The maximum atomic E-state index is 11.6. The zero-order valence-electron chi connectivity index (χ0n) is 18.8. The molecule has 180 valence electrons. The van der Waals surface area contributed by atoms with Gasteiger partial charge in [0.05, 0.1) is 35.9 Å². The molecular formula is C20H38N4O7. The van der Waals surface area contributed by atoms with Crippen LogP contribution >= 0.6 is 0 Å². The topological polar surface area (TPSA) is 168 Å². The van der Waals surface area contributed by atoms with E-state index in [0.29, 0.717) is 12.7 Å². The molecule has 0 aromatic carbocycles.